The molecule has 104 valence electrons. The lowest BCUT2D eigenvalue weighted by atomic mass is 10.2. The molecule has 0 atom stereocenters. The summed E-state index contributed by atoms with van der Waals surface area (Å²) in [6, 6.07) is 3.17. The highest BCUT2D eigenvalue weighted by molar-refractivity contribution is 6.09. The number of urea groups is 1. The number of hydrogen-bond acceptors (Lipinski definition) is 4. The van der Waals surface area contributed by atoms with Gasteiger partial charge in [-0.15, -0.1) is 0 Å². The van der Waals surface area contributed by atoms with E-state index in [9.17, 15) is 9.59 Å². The van der Waals surface area contributed by atoms with Crippen LogP contribution < -0.4 is 11.1 Å². The molecule has 3 amide bonds. The minimum absolute atomic E-state index is 0.0775. The van der Waals surface area contributed by atoms with Crippen LogP contribution in [0.1, 0.15) is 23.4 Å². The number of carbonyl (C=O) groups excluding carboxylic acids is 2. The average molecular weight is 274 g/mol. The van der Waals surface area contributed by atoms with Crippen LogP contribution in [-0.4, -0.2) is 34.9 Å². The first-order chi connectivity index (χ1) is 9.66. The van der Waals surface area contributed by atoms with E-state index in [0.29, 0.717) is 18.5 Å². The zero-order chi connectivity index (χ0) is 14.1. The number of amides is 3. The summed E-state index contributed by atoms with van der Waals surface area (Å²) in [4.78, 5) is 29.3. The van der Waals surface area contributed by atoms with Gasteiger partial charge >= 0.3 is 6.03 Å². The number of likely N-dealkylation sites (tertiary alicyclic amines) is 1. The number of hydrogen-bond donors (Lipinski definition) is 2. The molecule has 1 fully saturated rings. The molecule has 0 aromatic carbocycles. The SMILES string of the molecule is NC(=O)c1oc2ncccc2c1NC(=O)N1CCCC1. The second kappa shape index (κ2) is 4.84. The Morgan fingerprint density at radius 3 is 2.80 bits per heavy atom. The van der Waals surface area contributed by atoms with Crippen molar-refractivity contribution >= 4 is 28.7 Å². The molecule has 20 heavy (non-hydrogen) atoms. The molecule has 7 nitrogen and oxygen atoms in total. The summed E-state index contributed by atoms with van der Waals surface area (Å²) in [5.74, 6) is -0.814. The maximum atomic E-state index is 12.1. The van der Waals surface area contributed by atoms with Crippen molar-refractivity contribution in [2.45, 2.75) is 12.8 Å². The van der Waals surface area contributed by atoms with Crippen molar-refractivity contribution < 1.29 is 14.0 Å². The molecule has 3 N–H and O–H groups in total. The molecule has 0 saturated carbocycles. The van der Waals surface area contributed by atoms with E-state index in [0.717, 1.165) is 12.8 Å². The van der Waals surface area contributed by atoms with E-state index in [1.54, 1.807) is 23.2 Å². The van der Waals surface area contributed by atoms with Gasteiger partial charge in [0.2, 0.25) is 11.5 Å². The number of carbonyl (C=O) groups is 2. The standard InChI is InChI=1S/C13H14N4O3/c14-11(18)10-9(8-4-3-5-15-12(8)20-10)16-13(19)17-6-1-2-7-17/h3-5H,1-2,6-7H2,(H2,14,18)(H,16,19). The molecule has 2 aromatic heterocycles. The molecule has 3 rings (SSSR count). The number of nitrogens with one attached hydrogen (secondary N) is 1. The van der Waals surface area contributed by atoms with Crippen LogP contribution in [-0.2, 0) is 0 Å². The summed E-state index contributed by atoms with van der Waals surface area (Å²) >= 11 is 0. The predicted molar refractivity (Wildman–Crippen MR) is 72.4 cm³/mol. The molecule has 1 aliphatic heterocycles. The van der Waals surface area contributed by atoms with Crippen molar-refractivity contribution in [3.63, 3.8) is 0 Å². The monoisotopic (exact) mass is 274 g/mol. The number of rotatable bonds is 2. The van der Waals surface area contributed by atoms with Gasteiger partial charge < -0.3 is 20.4 Å². The minimum Gasteiger partial charge on any atom is -0.430 e. The van der Waals surface area contributed by atoms with E-state index in [2.05, 4.69) is 10.3 Å². The van der Waals surface area contributed by atoms with Crippen molar-refractivity contribution in [3.8, 4) is 0 Å². The first kappa shape index (κ1) is 12.5. The van der Waals surface area contributed by atoms with Crippen LogP contribution in [0, 0.1) is 0 Å². The Balaban J connectivity index is 1.98. The summed E-state index contributed by atoms with van der Waals surface area (Å²) in [6.45, 7) is 1.43. The number of nitrogens with zero attached hydrogens (tertiary/aromatic N) is 2. The minimum atomic E-state index is -0.736. The maximum absolute atomic E-state index is 12.1. The van der Waals surface area contributed by atoms with E-state index in [4.69, 9.17) is 10.2 Å². The van der Waals surface area contributed by atoms with E-state index in [1.807, 2.05) is 0 Å². The Morgan fingerprint density at radius 1 is 1.35 bits per heavy atom. The molecule has 0 radical (unpaired) electrons. The number of primary amides is 1. The van der Waals surface area contributed by atoms with E-state index in [1.165, 1.54) is 0 Å². The molecule has 7 heteroatoms. The van der Waals surface area contributed by atoms with Crippen molar-refractivity contribution in [3.05, 3.63) is 24.1 Å². The molecule has 0 spiro atoms. The molecular weight excluding hydrogens is 260 g/mol. The number of furan rings is 1. The third-order valence-corrected chi connectivity index (χ3v) is 3.32. The van der Waals surface area contributed by atoms with Crippen LogP contribution >= 0.6 is 0 Å². The lowest BCUT2D eigenvalue weighted by Gasteiger charge is -2.15. The van der Waals surface area contributed by atoms with Crippen LogP contribution in [0.15, 0.2) is 22.7 Å². The zero-order valence-corrected chi connectivity index (χ0v) is 10.8. The molecule has 0 aliphatic carbocycles. The fourth-order valence-electron chi connectivity index (χ4n) is 2.34. The smallest absolute Gasteiger partial charge is 0.321 e. The van der Waals surface area contributed by atoms with Crippen LogP contribution in [0.3, 0.4) is 0 Å². The Morgan fingerprint density at radius 2 is 2.10 bits per heavy atom. The summed E-state index contributed by atoms with van der Waals surface area (Å²) in [5.41, 5.74) is 5.85. The maximum Gasteiger partial charge on any atom is 0.321 e. The van der Waals surface area contributed by atoms with Gasteiger partial charge in [-0.2, -0.15) is 0 Å². The predicted octanol–water partition coefficient (Wildman–Crippen LogP) is 1.55. The van der Waals surface area contributed by atoms with Gasteiger partial charge in [0.25, 0.3) is 5.91 Å². The number of fused-ring (bicyclic) bond motifs is 1. The van der Waals surface area contributed by atoms with Gasteiger partial charge in [-0.05, 0) is 25.0 Å². The molecular formula is C13H14N4O3. The summed E-state index contributed by atoms with van der Waals surface area (Å²) in [5, 5.41) is 3.27. The largest absolute Gasteiger partial charge is 0.430 e. The van der Waals surface area contributed by atoms with Gasteiger partial charge in [-0.1, -0.05) is 0 Å². The zero-order valence-electron chi connectivity index (χ0n) is 10.8. The summed E-state index contributed by atoms with van der Waals surface area (Å²) < 4.78 is 5.31. The fraction of sp³-hybridized carbons (Fsp3) is 0.308. The topological polar surface area (TPSA) is 101 Å². The van der Waals surface area contributed by atoms with Gasteiger partial charge in [0.15, 0.2) is 0 Å². The van der Waals surface area contributed by atoms with Crippen molar-refractivity contribution in [1.29, 1.82) is 0 Å². The average Bonchev–Trinajstić information content (AvgIpc) is 3.06. The molecule has 1 saturated heterocycles. The van der Waals surface area contributed by atoms with Gasteiger partial charge in [0, 0.05) is 19.3 Å². The number of nitrogens with two attached hydrogens (primary N) is 1. The quantitative estimate of drug-likeness (QED) is 0.867. The number of pyridine rings is 1. The second-order valence-corrected chi connectivity index (χ2v) is 4.65. The highest BCUT2D eigenvalue weighted by atomic mass is 16.4. The van der Waals surface area contributed by atoms with Gasteiger partial charge in [-0.3, -0.25) is 4.79 Å². The Bertz CT molecular complexity index is 673. The molecule has 2 aromatic rings. The summed E-state index contributed by atoms with van der Waals surface area (Å²) in [6.07, 6.45) is 3.52. The Kier molecular flexibility index (Phi) is 3.02. The van der Waals surface area contributed by atoms with Crippen molar-refractivity contribution in [2.24, 2.45) is 5.73 Å². The summed E-state index contributed by atoms with van der Waals surface area (Å²) in [7, 11) is 0. The van der Waals surface area contributed by atoms with E-state index < -0.39 is 5.91 Å². The highest BCUT2D eigenvalue weighted by Crippen LogP contribution is 2.29. The van der Waals surface area contributed by atoms with Gasteiger partial charge in [0.1, 0.15) is 5.69 Å². The molecule has 0 unspecified atom stereocenters. The molecule has 1 aliphatic rings. The molecule has 3 heterocycles. The normalized spacial score (nSPS) is 14.7. The number of anilines is 1. The van der Waals surface area contributed by atoms with Crippen LogP contribution in [0.5, 0.6) is 0 Å². The Labute approximate surface area is 114 Å². The lowest BCUT2D eigenvalue weighted by molar-refractivity contribution is 0.0977. The van der Waals surface area contributed by atoms with Gasteiger partial charge in [-0.25, -0.2) is 9.78 Å². The molecule has 0 bridgehead atoms. The third-order valence-electron chi connectivity index (χ3n) is 3.32. The fourth-order valence-corrected chi connectivity index (χ4v) is 2.34. The van der Waals surface area contributed by atoms with Crippen LogP contribution in [0.25, 0.3) is 11.1 Å². The van der Waals surface area contributed by atoms with Crippen LogP contribution in [0.2, 0.25) is 0 Å². The first-order valence-electron chi connectivity index (χ1n) is 6.40. The lowest BCUT2D eigenvalue weighted by Crippen LogP contribution is -2.32. The van der Waals surface area contributed by atoms with Gasteiger partial charge in [0.05, 0.1) is 5.39 Å². The first-order valence-corrected chi connectivity index (χ1v) is 6.40. The number of aromatic nitrogens is 1. The third kappa shape index (κ3) is 2.07. The van der Waals surface area contributed by atoms with E-state index >= 15 is 0 Å². The van der Waals surface area contributed by atoms with Crippen molar-refractivity contribution in [2.75, 3.05) is 18.4 Å². The highest BCUT2D eigenvalue weighted by Gasteiger charge is 2.24. The van der Waals surface area contributed by atoms with Crippen molar-refractivity contribution in [1.82, 2.24) is 9.88 Å². The Hall–Kier alpha value is -2.57. The van der Waals surface area contributed by atoms with E-state index in [-0.39, 0.29) is 23.2 Å². The second-order valence-electron chi connectivity index (χ2n) is 4.65. The van der Waals surface area contributed by atoms with Crippen LogP contribution in [0.4, 0.5) is 10.5 Å².